The van der Waals surface area contributed by atoms with Crippen LogP contribution >= 0.6 is 0 Å². The first-order chi connectivity index (χ1) is 17.6. The topological polar surface area (TPSA) is 72.8 Å². The molecule has 0 aliphatic heterocycles. The van der Waals surface area contributed by atoms with Crippen LogP contribution in [0.15, 0.2) is 11.6 Å². The Morgan fingerprint density at radius 1 is 0.947 bits per heavy atom. The number of carbonyl (C=O) groups excluding carboxylic acids is 2. The third kappa shape index (κ3) is 3.65. The molecular formula is C33H52O5. The fraction of sp³-hybridized carbons (Fsp3) is 0.879. The van der Waals surface area contributed by atoms with Gasteiger partial charge in [0.1, 0.15) is 0 Å². The highest BCUT2D eigenvalue weighted by atomic mass is 16.5. The van der Waals surface area contributed by atoms with E-state index in [2.05, 4.69) is 47.6 Å². The van der Waals surface area contributed by atoms with E-state index in [0.717, 1.165) is 64.2 Å². The van der Waals surface area contributed by atoms with Crippen molar-refractivity contribution in [3.8, 4) is 0 Å². The third-order valence-corrected chi connectivity index (χ3v) is 13.5. The van der Waals surface area contributed by atoms with Crippen molar-refractivity contribution in [3.63, 3.8) is 0 Å². The van der Waals surface area contributed by atoms with E-state index in [-0.39, 0.29) is 51.0 Å². The van der Waals surface area contributed by atoms with Crippen molar-refractivity contribution in [1.82, 2.24) is 0 Å². The molecule has 0 spiro atoms. The van der Waals surface area contributed by atoms with Gasteiger partial charge in [-0.3, -0.25) is 9.59 Å². The molecule has 0 aromatic rings. The summed E-state index contributed by atoms with van der Waals surface area (Å²) < 4.78 is 11.4. The molecule has 5 aliphatic carbocycles. The summed E-state index contributed by atoms with van der Waals surface area (Å²) in [6.45, 7) is 16.2. The lowest BCUT2D eigenvalue weighted by Crippen LogP contribution is -2.66. The van der Waals surface area contributed by atoms with Crippen molar-refractivity contribution in [2.75, 3.05) is 13.7 Å². The van der Waals surface area contributed by atoms with Gasteiger partial charge in [0.25, 0.3) is 0 Å². The van der Waals surface area contributed by atoms with E-state index in [1.54, 1.807) is 7.11 Å². The van der Waals surface area contributed by atoms with Gasteiger partial charge >= 0.3 is 11.9 Å². The summed E-state index contributed by atoms with van der Waals surface area (Å²) in [4.78, 5) is 25.6. The summed E-state index contributed by atoms with van der Waals surface area (Å²) in [5.74, 6) is 0.683. The molecule has 0 heterocycles. The normalized spacial score (nSPS) is 46.8. The van der Waals surface area contributed by atoms with Crippen LogP contribution in [-0.2, 0) is 19.1 Å². The van der Waals surface area contributed by atoms with Crippen LogP contribution in [0.3, 0.4) is 0 Å². The fourth-order valence-corrected chi connectivity index (χ4v) is 11.0. The summed E-state index contributed by atoms with van der Waals surface area (Å²) in [5, 5.41) is 11.1. The van der Waals surface area contributed by atoms with Gasteiger partial charge in [0.2, 0.25) is 0 Å². The molecule has 38 heavy (non-hydrogen) atoms. The van der Waals surface area contributed by atoms with E-state index in [9.17, 15) is 14.7 Å². The number of ether oxygens (including phenoxy) is 2. The van der Waals surface area contributed by atoms with Crippen LogP contribution in [0.4, 0.5) is 0 Å². The van der Waals surface area contributed by atoms with Crippen molar-refractivity contribution < 1.29 is 24.2 Å². The molecule has 0 radical (unpaired) electrons. The first-order valence-electron chi connectivity index (χ1n) is 15.2. The Hall–Kier alpha value is -1.36. The van der Waals surface area contributed by atoms with E-state index >= 15 is 0 Å². The Morgan fingerprint density at radius 2 is 1.63 bits per heavy atom. The van der Waals surface area contributed by atoms with Gasteiger partial charge in [0, 0.05) is 12.3 Å². The SMILES string of the molecule is COC(=O)[C@]12CCC(C)(C)C[C@H]1C1=CC[C@@H]3[C@@]4(COC(C)=O)CC[C@@H](O)C(C)(C)C4CC[C@@]3(C)[C@]1(C)CC2. The standard InChI is InChI=1S/C33H52O5/c1-21(34)38-20-33-14-12-26(35)29(4,5)24(33)11-13-31(7)25(33)10-9-22-23-19-28(2,3)15-17-32(23,27(36)37-8)18-16-30(22,31)6/h9,23-26,35H,10-20H2,1-8H3/t23-,24?,25-,26+,30+,31+,32-,33+/m0/s1. The molecule has 0 bridgehead atoms. The maximum atomic E-state index is 13.4. The van der Waals surface area contributed by atoms with Crippen LogP contribution in [0.2, 0.25) is 0 Å². The monoisotopic (exact) mass is 528 g/mol. The number of methoxy groups -OCH3 is 1. The molecule has 4 saturated carbocycles. The molecule has 4 fully saturated rings. The molecule has 0 saturated heterocycles. The molecule has 8 atom stereocenters. The van der Waals surface area contributed by atoms with Crippen LogP contribution < -0.4 is 0 Å². The van der Waals surface area contributed by atoms with Crippen molar-refractivity contribution in [2.24, 2.45) is 50.2 Å². The van der Waals surface area contributed by atoms with Gasteiger partial charge in [-0.2, -0.15) is 0 Å². The Bertz CT molecular complexity index is 1030. The van der Waals surface area contributed by atoms with Gasteiger partial charge in [-0.1, -0.05) is 53.2 Å². The predicted octanol–water partition coefficient (Wildman–Crippen LogP) is 6.87. The van der Waals surface area contributed by atoms with E-state index in [0.29, 0.717) is 18.4 Å². The highest BCUT2D eigenvalue weighted by Gasteiger charge is 2.70. The number of aliphatic hydroxyl groups excluding tert-OH is 1. The van der Waals surface area contributed by atoms with Crippen molar-refractivity contribution >= 4 is 11.9 Å². The maximum absolute atomic E-state index is 13.4. The van der Waals surface area contributed by atoms with Gasteiger partial charge in [-0.05, 0) is 104 Å². The molecule has 5 rings (SSSR count). The molecule has 5 nitrogen and oxygen atoms in total. The number of esters is 2. The van der Waals surface area contributed by atoms with Crippen LogP contribution in [0, 0.1) is 50.2 Å². The number of rotatable bonds is 3. The van der Waals surface area contributed by atoms with Crippen molar-refractivity contribution in [1.29, 1.82) is 0 Å². The molecule has 5 aliphatic rings. The van der Waals surface area contributed by atoms with Crippen molar-refractivity contribution in [2.45, 2.75) is 119 Å². The lowest BCUT2D eigenvalue weighted by Gasteiger charge is -2.71. The lowest BCUT2D eigenvalue weighted by molar-refractivity contribution is -0.227. The smallest absolute Gasteiger partial charge is 0.312 e. The average molecular weight is 529 g/mol. The molecule has 0 aromatic heterocycles. The zero-order valence-electron chi connectivity index (χ0n) is 25.2. The second kappa shape index (κ2) is 8.82. The van der Waals surface area contributed by atoms with Crippen LogP contribution in [0.5, 0.6) is 0 Å². The van der Waals surface area contributed by atoms with E-state index in [1.165, 1.54) is 12.5 Å². The lowest BCUT2D eigenvalue weighted by atomic mass is 9.33. The zero-order valence-corrected chi connectivity index (χ0v) is 25.2. The quantitative estimate of drug-likeness (QED) is 0.320. The van der Waals surface area contributed by atoms with E-state index in [1.807, 2.05) is 0 Å². The highest BCUT2D eigenvalue weighted by molar-refractivity contribution is 5.78. The number of fused-ring (bicyclic) bond motifs is 7. The minimum atomic E-state index is -0.400. The minimum Gasteiger partial charge on any atom is -0.469 e. The van der Waals surface area contributed by atoms with E-state index < -0.39 is 5.41 Å². The van der Waals surface area contributed by atoms with Crippen LogP contribution in [0.25, 0.3) is 0 Å². The van der Waals surface area contributed by atoms with Gasteiger partial charge in [0.15, 0.2) is 0 Å². The maximum Gasteiger partial charge on any atom is 0.312 e. The summed E-state index contributed by atoms with van der Waals surface area (Å²) in [5.41, 5.74) is 0.978. The fourth-order valence-electron chi connectivity index (χ4n) is 11.0. The Kier molecular flexibility index (Phi) is 6.54. The van der Waals surface area contributed by atoms with Gasteiger partial charge in [-0.15, -0.1) is 0 Å². The van der Waals surface area contributed by atoms with Gasteiger partial charge in [0.05, 0.1) is 25.2 Å². The minimum absolute atomic E-state index is 0.00807. The third-order valence-electron chi connectivity index (χ3n) is 13.5. The summed E-state index contributed by atoms with van der Waals surface area (Å²) in [7, 11) is 1.56. The molecule has 5 heteroatoms. The first kappa shape index (κ1) is 28.2. The zero-order chi connectivity index (χ0) is 27.9. The number of hydrogen-bond donors (Lipinski definition) is 1. The number of aliphatic hydroxyl groups is 1. The Morgan fingerprint density at radius 3 is 2.29 bits per heavy atom. The van der Waals surface area contributed by atoms with Crippen LogP contribution in [-0.4, -0.2) is 36.9 Å². The molecule has 1 N–H and O–H groups in total. The second-order valence-electron chi connectivity index (χ2n) is 15.7. The van der Waals surface area contributed by atoms with Gasteiger partial charge in [-0.25, -0.2) is 0 Å². The number of hydrogen-bond acceptors (Lipinski definition) is 5. The highest BCUT2D eigenvalue weighted by Crippen LogP contribution is 2.76. The second-order valence-corrected chi connectivity index (χ2v) is 15.7. The number of allylic oxidation sites excluding steroid dienone is 2. The number of carbonyl (C=O) groups is 2. The molecule has 0 amide bonds. The predicted molar refractivity (Wildman–Crippen MR) is 148 cm³/mol. The Labute approximate surface area is 230 Å². The van der Waals surface area contributed by atoms with Gasteiger partial charge < -0.3 is 14.6 Å². The summed E-state index contributed by atoms with van der Waals surface area (Å²) in [6, 6.07) is 0. The van der Waals surface area contributed by atoms with Crippen LogP contribution in [0.1, 0.15) is 113 Å². The average Bonchev–Trinajstić information content (AvgIpc) is 2.84. The molecule has 214 valence electrons. The largest absolute Gasteiger partial charge is 0.469 e. The van der Waals surface area contributed by atoms with E-state index in [4.69, 9.17) is 9.47 Å². The van der Waals surface area contributed by atoms with Crippen molar-refractivity contribution in [3.05, 3.63) is 11.6 Å². The molecule has 0 aromatic carbocycles. The molecular weight excluding hydrogens is 476 g/mol. The molecule has 1 unspecified atom stereocenters. The summed E-state index contributed by atoms with van der Waals surface area (Å²) >= 11 is 0. The first-order valence-corrected chi connectivity index (χ1v) is 15.2. The Balaban J connectivity index is 1.63. The summed E-state index contributed by atoms with van der Waals surface area (Å²) in [6.07, 6.45) is 11.9.